The minimum absolute atomic E-state index is 0.00809. The van der Waals surface area contributed by atoms with E-state index in [0.29, 0.717) is 46.9 Å². The molecule has 0 bridgehead atoms. The average molecular weight is 527 g/mol. The quantitative estimate of drug-likeness (QED) is 0.380. The molecule has 0 unspecified atom stereocenters. The van der Waals surface area contributed by atoms with Gasteiger partial charge in [0.05, 0.1) is 9.79 Å². The number of hydrogen-bond acceptors (Lipinski definition) is 6. The van der Waals surface area contributed by atoms with E-state index in [4.69, 9.17) is 0 Å². The number of allylic oxidation sites excluding steroid dienone is 1. The first-order valence-corrected chi connectivity index (χ1v) is 14.7. The zero-order valence-electron chi connectivity index (χ0n) is 20.8. The summed E-state index contributed by atoms with van der Waals surface area (Å²) in [4.78, 5) is 0.0162. The molecule has 190 valence electrons. The Kier molecular flexibility index (Phi) is 8.37. The second-order valence-corrected chi connectivity index (χ2v) is 13.1. The van der Waals surface area contributed by atoms with Crippen LogP contribution in [0.1, 0.15) is 51.7 Å². The molecule has 3 rings (SSSR count). The van der Waals surface area contributed by atoms with Gasteiger partial charge in [-0.15, -0.1) is 0 Å². The predicted molar refractivity (Wildman–Crippen MR) is 138 cm³/mol. The third-order valence-electron chi connectivity index (χ3n) is 5.93. The third kappa shape index (κ3) is 5.85. The van der Waals surface area contributed by atoms with E-state index >= 15 is 0 Å². The predicted octanol–water partition coefficient (Wildman–Crippen LogP) is 4.16. The third-order valence-corrected chi connectivity index (χ3v) is 8.85. The molecule has 8 nitrogen and oxygen atoms in total. The molecule has 0 spiro atoms. The van der Waals surface area contributed by atoms with Crippen molar-refractivity contribution in [3.05, 3.63) is 53.1 Å². The van der Waals surface area contributed by atoms with Crippen LogP contribution < -0.4 is 9.44 Å². The average Bonchev–Trinajstić information content (AvgIpc) is 3.12. The molecule has 1 aliphatic rings. The van der Waals surface area contributed by atoms with Crippen LogP contribution in [-0.4, -0.2) is 29.9 Å². The first kappa shape index (κ1) is 27.6. The van der Waals surface area contributed by atoms with E-state index in [2.05, 4.69) is 9.44 Å². The van der Waals surface area contributed by atoms with Gasteiger partial charge in [0.25, 0.3) is 0 Å². The number of rotatable bonds is 10. The Bertz CT molecular complexity index is 1380. The molecule has 0 fully saturated rings. The highest BCUT2D eigenvalue weighted by Crippen LogP contribution is 2.47. The molecule has 0 atom stereocenters. The maximum Gasteiger partial charge on any atom is 0.240 e. The van der Waals surface area contributed by atoms with Crippen molar-refractivity contribution in [2.24, 2.45) is 11.8 Å². The summed E-state index contributed by atoms with van der Waals surface area (Å²) in [6.45, 7) is 8.56. The van der Waals surface area contributed by atoms with Crippen LogP contribution in [-0.2, 0) is 20.0 Å². The van der Waals surface area contributed by atoms with Gasteiger partial charge in [0.1, 0.15) is 17.7 Å². The summed E-state index contributed by atoms with van der Waals surface area (Å²) in [7, 11) is -7.64. The van der Waals surface area contributed by atoms with Gasteiger partial charge in [0.2, 0.25) is 20.0 Å². The minimum atomic E-state index is -3.82. The fourth-order valence-corrected chi connectivity index (χ4v) is 6.09. The molecular formula is C26H30N4O4S2. The maximum atomic E-state index is 12.9. The van der Waals surface area contributed by atoms with Gasteiger partial charge in [-0.05, 0) is 71.2 Å². The van der Waals surface area contributed by atoms with E-state index in [1.54, 1.807) is 12.1 Å². The molecule has 36 heavy (non-hydrogen) atoms. The van der Waals surface area contributed by atoms with Gasteiger partial charge in [0.15, 0.2) is 0 Å². The van der Waals surface area contributed by atoms with Crippen molar-refractivity contribution < 1.29 is 16.8 Å². The van der Waals surface area contributed by atoms with E-state index in [9.17, 15) is 27.4 Å². The summed E-state index contributed by atoms with van der Waals surface area (Å²) >= 11 is 0. The normalized spacial score (nSPS) is 12.8. The lowest BCUT2D eigenvalue weighted by Crippen LogP contribution is -2.25. The van der Waals surface area contributed by atoms with Crippen molar-refractivity contribution in [2.75, 3.05) is 13.1 Å². The smallest absolute Gasteiger partial charge is 0.211 e. The van der Waals surface area contributed by atoms with Gasteiger partial charge in [0, 0.05) is 18.7 Å². The van der Waals surface area contributed by atoms with Crippen LogP contribution >= 0.6 is 0 Å². The maximum absolute atomic E-state index is 12.9. The standard InChI is InChI=1S/C26H30N4O4S2/c1-17(2)9-11-29-35(31,32)20-5-7-22-23-8-6-21(36(33,34)30-12-10-18(3)4)14-25(23)26(24(22)13-20)19(15-27)16-28/h5-8,13-14,17-18,29-30H,9-12H2,1-4H3. The molecule has 0 amide bonds. The van der Waals surface area contributed by atoms with Gasteiger partial charge in [-0.2, -0.15) is 10.5 Å². The van der Waals surface area contributed by atoms with Crippen LogP contribution in [0.2, 0.25) is 0 Å². The first-order valence-electron chi connectivity index (χ1n) is 11.7. The molecule has 2 aromatic rings. The summed E-state index contributed by atoms with van der Waals surface area (Å²) < 4.78 is 56.7. The van der Waals surface area contributed by atoms with Crippen molar-refractivity contribution in [3.63, 3.8) is 0 Å². The number of nitrogens with zero attached hydrogens (tertiary/aromatic N) is 2. The molecule has 1 aliphatic carbocycles. The molecule has 0 aromatic heterocycles. The topological polar surface area (TPSA) is 140 Å². The molecule has 0 heterocycles. The van der Waals surface area contributed by atoms with Gasteiger partial charge < -0.3 is 0 Å². The van der Waals surface area contributed by atoms with Gasteiger partial charge in [-0.3, -0.25) is 0 Å². The number of sulfonamides is 2. The summed E-state index contributed by atoms with van der Waals surface area (Å²) in [6, 6.07) is 12.8. The first-order chi connectivity index (χ1) is 16.9. The van der Waals surface area contributed by atoms with E-state index in [-0.39, 0.29) is 34.0 Å². The van der Waals surface area contributed by atoms with E-state index < -0.39 is 20.0 Å². The lowest BCUT2D eigenvalue weighted by molar-refractivity contribution is 0.550. The van der Waals surface area contributed by atoms with Gasteiger partial charge in [-0.1, -0.05) is 39.8 Å². The SMILES string of the molecule is CC(C)CCNS(=O)(=O)c1ccc2c(c1)C(=C(C#N)C#N)c1cc(S(=O)(=O)NCCC(C)C)ccc1-2. The number of nitriles is 2. The zero-order valence-corrected chi connectivity index (χ0v) is 22.4. The van der Waals surface area contributed by atoms with Gasteiger partial charge in [-0.25, -0.2) is 26.3 Å². The fourth-order valence-electron chi connectivity index (χ4n) is 3.95. The number of hydrogen-bond donors (Lipinski definition) is 2. The zero-order chi connectivity index (χ0) is 26.7. The van der Waals surface area contributed by atoms with Crippen LogP contribution in [0.4, 0.5) is 0 Å². The Morgan fingerprint density at radius 3 is 1.44 bits per heavy atom. The van der Waals surface area contributed by atoms with E-state index in [1.165, 1.54) is 24.3 Å². The van der Waals surface area contributed by atoms with Crippen LogP contribution in [0.5, 0.6) is 0 Å². The van der Waals surface area contributed by atoms with Crippen molar-refractivity contribution in [1.29, 1.82) is 10.5 Å². The van der Waals surface area contributed by atoms with Crippen LogP contribution in [0.25, 0.3) is 16.7 Å². The lowest BCUT2D eigenvalue weighted by atomic mass is 9.99. The van der Waals surface area contributed by atoms with E-state index in [0.717, 1.165) is 0 Å². The van der Waals surface area contributed by atoms with Crippen molar-refractivity contribution in [2.45, 2.75) is 50.3 Å². The van der Waals surface area contributed by atoms with Crippen molar-refractivity contribution in [3.8, 4) is 23.3 Å². The number of benzene rings is 2. The largest absolute Gasteiger partial charge is 0.240 e. The number of fused-ring (bicyclic) bond motifs is 3. The van der Waals surface area contributed by atoms with Crippen molar-refractivity contribution >= 4 is 25.6 Å². The monoisotopic (exact) mass is 526 g/mol. The van der Waals surface area contributed by atoms with Crippen LogP contribution in [0, 0.1) is 34.5 Å². The summed E-state index contributed by atoms with van der Waals surface area (Å²) in [5, 5.41) is 19.3. The minimum Gasteiger partial charge on any atom is -0.211 e. The molecule has 0 saturated heterocycles. The second-order valence-electron chi connectivity index (χ2n) is 9.55. The Labute approximate surface area is 213 Å². The Morgan fingerprint density at radius 2 is 1.11 bits per heavy atom. The Morgan fingerprint density at radius 1 is 0.722 bits per heavy atom. The van der Waals surface area contributed by atoms with Gasteiger partial charge >= 0.3 is 0 Å². The lowest BCUT2D eigenvalue weighted by Gasteiger charge is -2.10. The fraction of sp³-hybridized carbons (Fsp3) is 0.385. The summed E-state index contributed by atoms with van der Waals surface area (Å²) in [5.41, 5.74) is 2.05. The molecule has 0 radical (unpaired) electrons. The summed E-state index contributed by atoms with van der Waals surface area (Å²) in [5.74, 6) is 0.659. The molecular weight excluding hydrogens is 496 g/mol. The molecule has 10 heteroatoms. The second kappa shape index (κ2) is 10.9. The molecule has 0 aliphatic heterocycles. The highest BCUT2D eigenvalue weighted by molar-refractivity contribution is 7.89. The molecule has 0 saturated carbocycles. The van der Waals surface area contributed by atoms with Crippen LogP contribution in [0.3, 0.4) is 0 Å². The highest BCUT2D eigenvalue weighted by Gasteiger charge is 2.30. The Balaban J connectivity index is 2.09. The van der Waals surface area contributed by atoms with Crippen molar-refractivity contribution in [1.82, 2.24) is 9.44 Å². The Hall–Kier alpha value is -3.02. The van der Waals surface area contributed by atoms with E-state index in [1.807, 2.05) is 39.8 Å². The molecule has 2 N–H and O–H groups in total. The van der Waals surface area contributed by atoms with Crippen LogP contribution in [0.15, 0.2) is 51.8 Å². The highest BCUT2D eigenvalue weighted by atomic mass is 32.2. The summed E-state index contributed by atoms with van der Waals surface area (Å²) in [6.07, 6.45) is 1.35. The number of nitrogens with one attached hydrogen (secondary N) is 2. The molecule has 2 aromatic carbocycles.